The van der Waals surface area contributed by atoms with Crippen LogP contribution in [0, 0.1) is 0 Å². The normalized spacial score (nSPS) is 13.0. The number of carboxylic acids is 1. The lowest BCUT2D eigenvalue weighted by atomic mass is 9.91. The second-order valence-corrected chi connectivity index (χ2v) is 7.47. The number of aliphatic carboxylic acids is 1. The van der Waals surface area contributed by atoms with Crippen molar-refractivity contribution in [3.8, 4) is 5.75 Å². The first-order chi connectivity index (χ1) is 15.0. The van der Waals surface area contributed by atoms with Crippen LogP contribution in [-0.4, -0.2) is 29.5 Å². The highest BCUT2D eigenvalue weighted by Gasteiger charge is 2.42. The standard InChI is InChI=1S/C25H23NO5/c1-3-7-18-17-8-5-6-9-19(17)23(31-4-2)22-21(18)24(29)26(25(22)30)16-12-10-15(11-13-16)14-20(27)28/h5-6,8-13H,3-4,7,14H2,1-2H3,(H,27,28). The first-order valence-electron chi connectivity index (χ1n) is 10.4. The van der Waals surface area contributed by atoms with Gasteiger partial charge in [-0.15, -0.1) is 0 Å². The number of anilines is 1. The van der Waals surface area contributed by atoms with Gasteiger partial charge in [0.2, 0.25) is 0 Å². The van der Waals surface area contributed by atoms with Crippen molar-refractivity contribution in [3.05, 3.63) is 70.8 Å². The summed E-state index contributed by atoms with van der Waals surface area (Å²) in [5.41, 5.74) is 2.58. The van der Waals surface area contributed by atoms with E-state index in [9.17, 15) is 14.4 Å². The number of fused-ring (bicyclic) bond motifs is 2. The highest BCUT2D eigenvalue weighted by molar-refractivity contribution is 6.37. The molecule has 0 aromatic heterocycles. The van der Waals surface area contributed by atoms with Gasteiger partial charge in [0.25, 0.3) is 11.8 Å². The largest absolute Gasteiger partial charge is 0.492 e. The van der Waals surface area contributed by atoms with Gasteiger partial charge in [-0.1, -0.05) is 49.7 Å². The molecule has 0 aliphatic carbocycles. The van der Waals surface area contributed by atoms with Gasteiger partial charge in [0.15, 0.2) is 0 Å². The minimum absolute atomic E-state index is 0.122. The Morgan fingerprint density at radius 2 is 1.58 bits per heavy atom. The van der Waals surface area contributed by atoms with E-state index in [1.807, 2.05) is 38.1 Å². The molecule has 1 heterocycles. The fourth-order valence-electron chi connectivity index (χ4n) is 4.21. The van der Waals surface area contributed by atoms with Crippen molar-refractivity contribution in [2.75, 3.05) is 11.5 Å². The Hall–Kier alpha value is -3.67. The number of nitrogens with zero attached hydrogens (tertiary/aromatic N) is 1. The summed E-state index contributed by atoms with van der Waals surface area (Å²) in [4.78, 5) is 39.1. The third-order valence-corrected chi connectivity index (χ3v) is 5.45. The van der Waals surface area contributed by atoms with Crippen LogP contribution in [0.5, 0.6) is 5.75 Å². The van der Waals surface area contributed by atoms with E-state index in [1.54, 1.807) is 24.3 Å². The van der Waals surface area contributed by atoms with Crippen molar-refractivity contribution in [2.24, 2.45) is 0 Å². The fraction of sp³-hybridized carbons (Fsp3) is 0.240. The highest BCUT2D eigenvalue weighted by Crippen LogP contribution is 2.42. The van der Waals surface area contributed by atoms with E-state index >= 15 is 0 Å². The molecule has 2 amide bonds. The van der Waals surface area contributed by atoms with Crippen LogP contribution >= 0.6 is 0 Å². The van der Waals surface area contributed by atoms with E-state index in [4.69, 9.17) is 9.84 Å². The molecule has 3 aromatic carbocycles. The van der Waals surface area contributed by atoms with Gasteiger partial charge in [-0.05, 0) is 42.0 Å². The van der Waals surface area contributed by atoms with Gasteiger partial charge in [-0.25, -0.2) is 4.90 Å². The predicted molar refractivity (Wildman–Crippen MR) is 118 cm³/mol. The molecule has 0 bridgehead atoms. The molecular formula is C25H23NO5. The number of carbonyl (C=O) groups is 3. The molecule has 0 atom stereocenters. The zero-order valence-electron chi connectivity index (χ0n) is 17.5. The number of benzene rings is 3. The summed E-state index contributed by atoms with van der Waals surface area (Å²) < 4.78 is 5.90. The van der Waals surface area contributed by atoms with Gasteiger partial charge in [-0.2, -0.15) is 0 Å². The average Bonchev–Trinajstić information content (AvgIpc) is 3.01. The molecule has 31 heavy (non-hydrogen) atoms. The summed E-state index contributed by atoms with van der Waals surface area (Å²) in [6, 6.07) is 14.2. The summed E-state index contributed by atoms with van der Waals surface area (Å²) in [5, 5.41) is 10.7. The summed E-state index contributed by atoms with van der Waals surface area (Å²) in [5.74, 6) is -1.29. The molecular weight excluding hydrogens is 394 g/mol. The van der Waals surface area contributed by atoms with Crippen molar-refractivity contribution < 1.29 is 24.2 Å². The topological polar surface area (TPSA) is 83.9 Å². The van der Waals surface area contributed by atoms with E-state index in [0.29, 0.717) is 41.2 Å². The van der Waals surface area contributed by atoms with Crippen molar-refractivity contribution in [1.82, 2.24) is 0 Å². The van der Waals surface area contributed by atoms with E-state index in [-0.39, 0.29) is 12.3 Å². The van der Waals surface area contributed by atoms with E-state index in [1.165, 1.54) is 0 Å². The number of rotatable bonds is 7. The van der Waals surface area contributed by atoms with Gasteiger partial charge in [0, 0.05) is 5.39 Å². The number of carboxylic acid groups (broad SMARTS) is 1. The summed E-state index contributed by atoms with van der Waals surface area (Å²) in [6.45, 7) is 4.26. The highest BCUT2D eigenvalue weighted by atomic mass is 16.5. The van der Waals surface area contributed by atoms with Gasteiger partial charge >= 0.3 is 5.97 Å². The van der Waals surface area contributed by atoms with Crippen molar-refractivity contribution in [2.45, 2.75) is 33.1 Å². The van der Waals surface area contributed by atoms with Gasteiger partial charge in [0.1, 0.15) is 5.75 Å². The van der Waals surface area contributed by atoms with Crippen LogP contribution in [0.4, 0.5) is 5.69 Å². The van der Waals surface area contributed by atoms with Crippen molar-refractivity contribution in [3.63, 3.8) is 0 Å². The SMILES string of the molecule is CCCc1c2c(c(OCC)c3ccccc13)C(=O)N(c1ccc(CC(=O)O)cc1)C2=O. The number of hydrogen-bond donors (Lipinski definition) is 1. The fourth-order valence-corrected chi connectivity index (χ4v) is 4.21. The van der Waals surface area contributed by atoms with Gasteiger partial charge in [0.05, 0.1) is 29.8 Å². The Morgan fingerprint density at radius 1 is 0.935 bits per heavy atom. The quantitative estimate of drug-likeness (QED) is 0.567. The Kier molecular flexibility index (Phi) is 5.46. The maximum Gasteiger partial charge on any atom is 0.307 e. The van der Waals surface area contributed by atoms with Crippen molar-refractivity contribution in [1.29, 1.82) is 0 Å². The zero-order valence-corrected chi connectivity index (χ0v) is 17.5. The Bertz CT molecular complexity index is 1130. The molecule has 0 radical (unpaired) electrons. The number of aryl methyl sites for hydroxylation is 1. The molecule has 1 aliphatic rings. The lowest BCUT2D eigenvalue weighted by Gasteiger charge is -2.15. The molecule has 0 saturated heterocycles. The lowest BCUT2D eigenvalue weighted by Crippen LogP contribution is -2.29. The second kappa shape index (κ2) is 8.22. The van der Waals surface area contributed by atoms with Crippen LogP contribution in [0.15, 0.2) is 48.5 Å². The molecule has 0 spiro atoms. The minimum atomic E-state index is -0.939. The maximum atomic E-state index is 13.5. The minimum Gasteiger partial charge on any atom is -0.492 e. The third-order valence-electron chi connectivity index (χ3n) is 5.45. The molecule has 0 fully saturated rings. The van der Waals surface area contributed by atoms with Crippen LogP contribution in [0.25, 0.3) is 10.8 Å². The summed E-state index contributed by atoms with van der Waals surface area (Å²) in [7, 11) is 0. The molecule has 1 aliphatic heterocycles. The molecule has 1 N–H and O–H groups in total. The van der Waals surface area contributed by atoms with E-state index < -0.39 is 11.9 Å². The summed E-state index contributed by atoms with van der Waals surface area (Å²) >= 11 is 0. The number of imide groups is 1. The lowest BCUT2D eigenvalue weighted by molar-refractivity contribution is -0.136. The van der Waals surface area contributed by atoms with Gasteiger partial charge in [-0.3, -0.25) is 14.4 Å². The Balaban J connectivity index is 1.90. The molecule has 6 nitrogen and oxygen atoms in total. The second-order valence-electron chi connectivity index (χ2n) is 7.47. The van der Waals surface area contributed by atoms with Crippen LogP contribution in [0.2, 0.25) is 0 Å². The Morgan fingerprint density at radius 3 is 2.19 bits per heavy atom. The number of carbonyl (C=O) groups excluding carboxylic acids is 2. The van der Waals surface area contributed by atoms with Crippen LogP contribution in [0.1, 0.15) is 52.1 Å². The number of amides is 2. The third kappa shape index (κ3) is 3.44. The monoisotopic (exact) mass is 417 g/mol. The Labute approximate surface area is 180 Å². The molecule has 0 saturated carbocycles. The van der Waals surface area contributed by atoms with Crippen LogP contribution < -0.4 is 9.64 Å². The molecule has 158 valence electrons. The van der Waals surface area contributed by atoms with E-state index in [2.05, 4.69) is 0 Å². The molecule has 4 rings (SSSR count). The average molecular weight is 417 g/mol. The summed E-state index contributed by atoms with van der Waals surface area (Å²) in [6.07, 6.45) is 1.37. The number of ether oxygens (including phenoxy) is 1. The molecule has 6 heteroatoms. The van der Waals surface area contributed by atoms with Crippen molar-refractivity contribution >= 4 is 34.2 Å². The predicted octanol–water partition coefficient (Wildman–Crippen LogP) is 4.62. The van der Waals surface area contributed by atoms with Crippen LogP contribution in [0.3, 0.4) is 0 Å². The van der Waals surface area contributed by atoms with E-state index in [0.717, 1.165) is 27.7 Å². The zero-order chi connectivity index (χ0) is 22.1. The van der Waals surface area contributed by atoms with Crippen LogP contribution in [-0.2, 0) is 17.6 Å². The maximum absolute atomic E-state index is 13.5. The smallest absolute Gasteiger partial charge is 0.307 e. The van der Waals surface area contributed by atoms with Gasteiger partial charge < -0.3 is 9.84 Å². The number of hydrogen-bond acceptors (Lipinski definition) is 4. The first kappa shape index (κ1) is 20.6. The molecule has 0 unspecified atom stereocenters. The first-order valence-corrected chi connectivity index (χ1v) is 10.4. The molecule has 3 aromatic rings.